The Bertz CT molecular complexity index is 1040. The van der Waals surface area contributed by atoms with Gasteiger partial charge in [0.2, 0.25) is 9.84 Å². The number of piperazine rings is 1. The molecule has 6 heteroatoms. The van der Waals surface area contributed by atoms with E-state index in [2.05, 4.69) is 21.3 Å². The molecule has 1 saturated heterocycles. The maximum absolute atomic E-state index is 12.9. The first-order valence-electron chi connectivity index (χ1n) is 8.72. The fourth-order valence-corrected chi connectivity index (χ4v) is 4.53. The van der Waals surface area contributed by atoms with Crippen LogP contribution in [0, 0.1) is 6.92 Å². The molecule has 1 fully saturated rings. The van der Waals surface area contributed by atoms with E-state index in [-0.39, 0.29) is 4.90 Å². The fourth-order valence-electron chi connectivity index (χ4n) is 3.29. The highest BCUT2D eigenvalue weighted by molar-refractivity contribution is 7.91. The fraction of sp³-hybridized carbons (Fsp3) is 0.250. The maximum atomic E-state index is 12.9. The monoisotopic (exact) mass is 367 g/mol. The Morgan fingerprint density at radius 3 is 2.46 bits per heavy atom. The summed E-state index contributed by atoms with van der Waals surface area (Å²) in [7, 11) is -3.57. The van der Waals surface area contributed by atoms with Gasteiger partial charge in [0.1, 0.15) is 0 Å². The maximum Gasteiger partial charge on any atom is 0.208 e. The molecule has 0 amide bonds. The summed E-state index contributed by atoms with van der Waals surface area (Å²) >= 11 is 0. The largest absolute Gasteiger partial charge is 0.367 e. The summed E-state index contributed by atoms with van der Waals surface area (Å²) in [6.07, 6.45) is 1.48. The van der Waals surface area contributed by atoms with Crippen molar-refractivity contribution in [3.05, 3.63) is 60.3 Å². The van der Waals surface area contributed by atoms with Crippen molar-refractivity contribution in [3.8, 4) is 0 Å². The molecule has 1 aliphatic heterocycles. The number of aromatic nitrogens is 1. The summed E-state index contributed by atoms with van der Waals surface area (Å²) in [5.41, 5.74) is 2.93. The van der Waals surface area contributed by atoms with Crippen LogP contribution in [-0.4, -0.2) is 39.6 Å². The van der Waals surface area contributed by atoms with E-state index >= 15 is 0 Å². The molecule has 0 unspecified atom stereocenters. The van der Waals surface area contributed by atoms with Gasteiger partial charge < -0.3 is 10.2 Å². The number of sulfone groups is 1. The molecule has 0 spiro atoms. The molecular formula is C20H21N3O2S. The Balaban J connectivity index is 1.77. The zero-order valence-corrected chi connectivity index (χ0v) is 15.5. The average molecular weight is 367 g/mol. The van der Waals surface area contributed by atoms with Crippen molar-refractivity contribution in [2.45, 2.75) is 16.7 Å². The second-order valence-corrected chi connectivity index (χ2v) is 8.52. The topological polar surface area (TPSA) is 62.3 Å². The predicted molar refractivity (Wildman–Crippen MR) is 103 cm³/mol. The molecule has 0 saturated carbocycles. The minimum absolute atomic E-state index is 0.228. The third-order valence-corrected chi connectivity index (χ3v) is 6.50. The Labute approximate surface area is 153 Å². The SMILES string of the molecule is Cc1ccc(S(=O)(=O)c2cnc3c(N4CCNCC4)cccc3c2)cc1. The number of para-hydroxylation sites is 1. The van der Waals surface area contributed by atoms with E-state index in [4.69, 9.17) is 0 Å². The normalized spacial score (nSPS) is 15.3. The smallest absolute Gasteiger partial charge is 0.208 e. The molecule has 0 radical (unpaired) electrons. The van der Waals surface area contributed by atoms with Crippen molar-refractivity contribution in [1.82, 2.24) is 10.3 Å². The summed E-state index contributed by atoms with van der Waals surface area (Å²) < 4.78 is 25.8. The molecule has 1 aliphatic rings. The molecule has 3 aromatic rings. The lowest BCUT2D eigenvalue weighted by Crippen LogP contribution is -2.43. The molecule has 26 heavy (non-hydrogen) atoms. The highest BCUT2D eigenvalue weighted by atomic mass is 32.2. The third kappa shape index (κ3) is 3.06. The van der Waals surface area contributed by atoms with Gasteiger partial charge in [0.05, 0.1) is 21.0 Å². The number of aryl methyl sites for hydroxylation is 1. The van der Waals surface area contributed by atoms with Crippen LogP contribution in [0.3, 0.4) is 0 Å². The number of rotatable bonds is 3. The van der Waals surface area contributed by atoms with E-state index in [1.165, 1.54) is 6.20 Å². The summed E-state index contributed by atoms with van der Waals surface area (Å²) in [6, 6.07) is 14.6. The Kier molecular flexibility index (Phi) is 4.38. The molecule has 0 aliphatic carbocycles. The van der Waals surface area contributed by atoms with Crippen LogP contribution in [0.2, 0.25) is 0 Å². The lowest BCUT2D eigenvalue weighted by molar-refractivity contribution is 0.590. The lowest BCUT2D eigenvalue weighted by atomic mass is 10.1. The first-order valence-corrected chi connectivity index (χ1v) is 10.2. The average Bonchev–Trinajstić information content (AvgIpc) is 2.68. The second-order valence-electron chi connectivity index (χ2n) is 6.57. The van der Waals surface area contributed by atoms with Gasteiger partial charge in [0.25, 0.3) is 0 Å². The van der Waals surface area contributed by atoms with Crippen LogP contribution in [0.25, 0.3) is 10.9 Å². The first-order chi connectivity index (χ1) is 12.6. The van der Waals surface area contributed by atoms with Crippen molar-refractivity contribution in [2.24, 2.45) is 0 Å². The van der Waals surface area contributed by atoms with Gasteiger partial charge in [-0.2, -0.15) is 0 Å². The van der Waals surface area contributed by atoms with Crippen molar-refractivity contribution in [3.63, 3.8) is 0 Å². The number of fused-ring (bicyclic) bond motifs is 1. The standard InChI is InChI=1S/C20H21N3O2S/c1-15-5-7-17(8-6-15)26(24,25)18-13-16-3-2-4-19(20(16)22-14-18)23-11-9-21-10-12-23/h2-8,13-14,21H,9-12H2,1H3. The van der Waals surface area contributed by atoms with E-state index in [0.717, 1.165) is 48.3 Å². The van der Waals surface area contributed by atoms with Crippen LogP contribution >= 0.6 is 0 Å². The number of nitrogens with one attached hydrogen (secondary N) is 1. The minimum atomic E-state index is -3.57. The number of anilines is 1. The minimum Gasteiger partial charge on any atom is -0.367 e. The Morgan fingerprint density at radius 1 is 1.00 bits per heavy atom. The second kappa shape index (κ2) is 6.70. The van der Waals surface area contributed by atoms with Crippen LogP contribution in [0.4, 0.5) is 5.69 Å². The van der Waals surface area contributed by atoms with E-state index in [1.807, 2.05) is 31.2 Å². The highest BCUT2D eigenvalue weighted by Crippen LogP contribution is 2.29. The van der Waals surface area contributed by atoms with Gasteiger partial charge in [-0.25, -0.2) is 8.42 Å². The Hall–Kier alpha value is -2.44. The van der Waals surface area contributed by atoms with Gasteiger partial charge in [-0.05, 0) is 31.2 Å². The van der Waals surface area contributed by atoms with Crippen LogP contribution in [-0.2, 0) is 9.84 Å². The van der Waals surface area contributed by atoms with Crippen molar-refractivity contribution in [1.29, 1.82) is 0 Å². The van der Waals surface area contributed by atoms with Gasteiger partial charge in [-0.15, -0.1) is 0 Å². The molecule has 5 nitrogen and oxygen atoms in total. The van der Waals surface area contributed by atoms with E-state index in [1.54, 1.807) is 18.2 Å². The quantitative estimate of drug-likeness (QED) is 0.771. The predicted octanol–water partition coefficient (Wildman–Crippen LogP) is 2.79. The number of benzene rings is 2. The van der Waals surface area contributed by atoms with Crippen molar-refractivity contribution in [2.75, 3.05) is 31.1 Å². The molecule has 2 aromatic carbocycles. The number of pyridine rings is 1. The van der Waals surface area contributed by atoms with Gasteiger partial charge in [0.15, 0.2) is 0 Å². The molecule has 1 aromatic heterocycles. The molecule has 4 rings (SSSR count). The van der Waals surface area contributed by atoms with Crippen LogP contribution in [0.1, 0.15) is 5.56 Å². The van der Waals surface area contributed by atoms with Crippen LogP contribution < -0.4 is 10.2 Å². The van der Waals surface area contributed by atoms with Crippen molar-refractivity contribution < 1.29 is 8.42 Å². The number of hydrogen-bond acceptors (Lipinski definition) is 5. The molecular weight excluding hydrogens is 346 g/mol. The van der Waals surface area contributed by atoms with Gasteiger partial charge in [-0.3, -0.25) is 4.98 Å². The summed E-state index contributed by atoms with van der Waals surface area (Å²) in [6.45, 7) is 5.66. The zero-order valence-electron chi connectivity index (χ0n) is 14.6. The van der Waals surface area contributed by atoms with Crippen LogP contribution in [0.5, 0.6) is 0 Å². The molecule has 1 N–H and O–H groups in total. The summed E-state index contributed by atoms with van der Waals surface area (Å²) in [4.78, 5) is 7.34. The van der Waals surface area contributed by atoms with E-state index in [0.29, 0.717) is 4.90 Å². The third-order valence-electron chi connectivity index (χ3n) is 4.76. The highest BCUT2D eigenvalue weighted by Gasteiger charge is 2.20. The van der Waals surface area contributed by atoms with E-state index in [9.17, 15) is 8.42 Å². The van der Waals surface area contributed by atoms with Crippen LogP contribution in [0.15, 0.2) is 64.5 Å². The van der Waals surface area contributed by atoms with Gasteiger partial charge >= 0.3 is 0 Å². The molecule has 134 valence electrons. The van der Waals surface area contributed by atoms with Crippen molar-refractivity contribution >= 4 is 26.4 Å². The lowest BCUT2D eigenvalue weighted by Gasteiger charge is -2.30. The number of hydrogen-bond donors (Lipinski definition) is 1. The molecule has 0 bridgehead atoms. The molecule has 0 atom stereocenters. The van der Waals surface area contributed by atoms with E-state index < -0.39 is 9.84 Å². The summed E-state index contributed by atoms with van der Waals surface area (Å²) in [5, 5.41) is 4.18. The Morgan fingerprint density at radius 2 is 1.73 bits per heavy atom. The zero-order chi connectivity index (χ0) is 18.1. The first kappa shape index (κ1) is 17.0. The summed E-state index contributed by atoms with van der Waals surface area (Å²) in [5.74, 6) is 0. The van der Waals surface area contributed by atoms with Gasteiger partial charge in [-0.1, -0.05) is 29.8 Å². The van der Waals surface area contributed by atoms with Gasteiger partial charge in [0, 0.05) is 37.8 Å². The molecule has 2 heterocycles. The number of nitrogens with zero attached hydrogens (tertiary/aromatic N) is 2.